The number of benzene rings is 2. The minimum atomic E-state index is -4.37. The Labute approximate surface area is 211 Å². The Balaban J connectivity index is 1.73. The van der Waals surface area contributed by atoms with E-state index in [4.69, 9.17) is 0 Å². The van der Waals surface area contributed by atoms with E-state index in [2.05, 4.69) is 10.0 Å². The number of carbonyl (C=O) groups excluding carboxylic acids is 1. The van der Waals surface area contributed by atoms with E-state index in [1.54, 1.807) is 31.2 Å². The van der Waals surface area contributed by atoms with Gasteiger partial charge in [0.05, 0.1) is 23.9 Å². The smallest absolute Gasteiger partial charge is 0.446 e. The van der Waals surface area contributed by atoms with E-state index in [-0.39, 0.29) is 39.7 Å². The summed E-state index contributed by atoms with van der Waals surface area (Å²) in [7, 11) is -3.63. The third kappa shape index (κ3) is 6.73. The summed E-state index contributed by atoms with van der Waals surface area (Å²) in [5.41, 5.74) is -3.09. The highest BCUT2D eigenvalue weighted by Crippen LogP contribution is 2.54. The van der Waals surface area contributed by atoms with Crippen LogP contribution in [-0.2, 0) is 25.0 Å². The molecule has 7 nitrogen and oxygen atoms in total. The first kappa shape index (κ1) is 27.9. The van der Waals surface area contributed by atoms with Crippen LogP contribution in [0.15, 0.2) is 47.4 Å². The van der Waals surface area contributed by atoms with Gasteiger partial charge in [-0.2, -0.15) is 13.2 Å². The lowest BCUT2D eigenvalue weighted by atomic mass is 9.94. The molecule has 0 heterocycles. The highest BCUT2D eigenvalue weighted by atomic mass is 32.2. The zero-order valence-corrected chi connectivity index (χ0v) is 21.6. The summed E-state index contributed by atoms with van der Waals surface area (Å²) in [6.07, 6.45) is 1.50. The van der Waals surface area contributed by atoms with Gasteiger partial charge in [-0.15, -0.1) is 0 Å². The lowest BCUT2D eigenvalue weighted by Gasteiger charge is -2.20. The molecule has 1 fully saturated rings. The van der Waals surface area contributed by atoms with E-state index >= 15 is 0 Å². The molecular weight excluding hydrogens is 517 g/mol. The van der Waals surface area contributed by atoms with Crippen LogP contribution in [0.2, 0.25) is 0 Å². The van der Waals surface area contributed by atoms with Crippen molar-refractivity contribution in [3.8, 4) is 0 Å². The van der Waals surface area contributed by atoms with Crippen molar-refractivity contribution in [1.82, 2.24) is 5.32 Å². The largest absolute Gasteiger partial charge is 0.481 e. The van der Waals surface area contributed by atoms with Crippen LogP contribution in [0.5, 0.6) is 0 Å². The molecule has 0 aliphatic heterocycles. The molecule has 4 atom stereocenters. The maximum Gasteiger partial charge on any atom is 0.446 e. The second-order valence-corrected chi connectivity index (χ2v) is 12.1. The summed E-state index contributed by atoms with van der Waals surface area (Å²) in [6, 6.07) is 10.1. The number of nitrogens with one attached hydrogen (secondary N) is 2. The second kappa shape index (κ2) is 9.97. The predicted molar refractivity (Wildman–Crippen MR) is 131 cm³/mol. The van der Waals surface area contributed by atoms with Crippen LogP contribution < -0.4 is 10.0 Å². The molecule has 12 heteroatoms. The van der Waals surface area contributed by atoms with Gasteiger partial charge in [0.2, 0.25) is 15.9 Å². The predicted octanol–water partition coefficient (Wildman–Crippen LogP) is 5.01. The Morgan fingerprint density at radius 3 is 2.28 bits per heavy atom. The summed E-state index contributed by atoms with van der Waals surface area (Å²) in [5.74, 6) is -2.73. The first-order chi connectivity index (χ1) is 16.5. The van der Waals surface area contributed by atoms with Crippen LogP contribution in [0.25, 0.3) is 0 Å². The van der Waals surface area contributed by atoms with Crippen molar-refractivity contribution >= 4 is 39.3 Å². The average Bonchev–Trinajstić information content (AvgIpc) is 3.44. The molecule has 0 spiro atoms. The number of thioether (sulfide) groups is 1. The Bertz CT molecular complexity index is 1270. The third-order valence-corrected chi connectivity index (χ3v) is 7.70. The number of sulfonamides is 1. The molecule has 36 heavy (non-hydrogen) atoms. The van der Waals surface area contributed by atoms with Crippen molar-refractivity contribution in [2.45, 2.75) is 55.0 Å². The zero-order valence-electron chi connectivity index (χ0n) is 20.0. The topological polar surface area (TPSA) is 113 Å². The van der Waals surface area contributed by atoms with Gasteiger partial charge in [-0.25, -0.2) is 8.42 Å². The van der Waals surface area contributed by atoms with Gasteiger partial charge in [0.1, 0.15) is 0 Å². The highest BCUT2D eigenvalue weighted by Gasteiger charge is 2.55. The fraction of sp³-hybridized carbons (Fsp3) is 0.417. The number of halogens is 3. The summed E-state index contributed by atoms with van der Waals surface area (Å²) >= 11 is -0.192. The van der Waals surface area contributed by atoms with Crippen molar-refractivity contribution in [1.29, 1.82) is 0 Å². The minimum absolute atomic E-state index is 0.0744. The first-order valence-corrected chi connectivity index (χ1v) is 13.7. The number of carbonyl (C=O) groups is 2. The summed E-state index contributed by atoms with van der Waals surface area (Å²) in [4.78, 5) is 24.6. The SMILES string of the molecule is CC(C(=O)O)c1cc([C@@H](C)NC(=O)C2CC2(C)c2ccc(SC(F)(F)F)cc2)ccc1NS(C)(=O)=O. The molecule has 1 aliphatic carbocycles. The molecule has 3 N–H and O–H groups in total. The number of carboxylic acid groups (broad SMARTS) is 1. The number of alkyl halides is 3. The van der Waals surface area contributed by atoms with Gasteiger partial charge in [0, 0.05) is 16.2 Å². The molecule has 1 aliphatic rings. The van der Waals surface area contributed by atoms with E-state index in [0.29, 0.717) is 12.0 Å². The van der Waals surface area contributed by atoms with E-state index in [1.165, 1.54) is 25.1 Å². The second-order valence-electron chi connectivity index (χ2n) is 9.26. The highest BCUT2D eigenvalue weighted by molar-refractivity contribution is 8.00. The Morgan fingerprint density at radius 2 is 1.75 bits per heavy atom. The molecule has 0 radical (unpaired) electrons. The summed E-state index contributed by atoms with van der Waals surface area (Å²) < 4.78 is 63.4. The van der Waals surface area contributed by atoms with Crippen molar-refractivity contribution in [2.75, 3.05) is 11.0 Å². The molecule has 0 saturated heterocycles. The molecule has 2 aromatic carbocycles. The summed E-state index contributed by atoms with van der Waals surface area (Å²) in [5, 5.41) is 12.4. The van der Waals surface area contributed by atoms with Crippen LogP contribution in [0.1, 0.15) is 55.8 Å². The van der Waals surface area contributed by atoms with Gasteiger partial charge in [0.25, 0.3) is 0 Å². The molecule has 1 saturated carbocycles. The van der Waals surface area contributed by atoms with Crippen molar-refractivity contribution in [3.63, 3.8) is 0 Å². The number of anilines is 1. The van der Waals surface area contributed by atoms with Crippen LogP contribution in [-0.4, -0.2) is 37.2 Å². The molecule has 0 bridgehead atoms. The molecule has 3 unspecified atom stereocenters. The molecule has 3 rings (SSSR count). The molecule has 1 amide bonds. The minimum Gasteiger partial charge on any atom is -0.481 e. The lowest BCUT2D eigenvalue weighted by molar-refractivity contribution is -0.138. The molecule has 196 valence electrons. The fourth-order valence-corrected chi connectivity index (χ4v) is 5.26. The normalized spacial score (nSPS) is 21.4. The van der Waals surface area contributed by atoms with Crippen LogP contribution in [0.3, 0.4) is 0 Å². The maximum absolute atomic E-state index is 13.0. The zero-order chi connectivity index (χ0) is 27.1. The number of hydrogen-bond acceptors (Lipinski definition) is 5. The Kier molecular flexibility index (Phi) is 7.71. The fourth-order valence-electron chi connectivity index (χ4n) is 4.14. The van der Waals surface area contributed by atoms with Gasteiger partial charge in [0.15, 0.2) is 0 Å². The Hall–Kier alpha value is -2.73. The average molecular weight is 545 g/mol. The van der Waals surface area contributed by atoms with Gasteiger partial charge in [-0.05, 0) is 66.9 Å². The summed E-state index contributed by atoms with van der Waals surface area (Å²) in [6.45, 7) is 5.05. The number of aliphatic carboxylic acids is 1. The molecular formula is C24H27F3N2O5S2. The molecule has 0 aromatic heterocycles. The van der Waals surface area contributed by atoms with Gasteiger partial charge >= 0.3 is 11.5 Å². The number of hydrogen-bond donors (Lipinski definition) is 3. The van der Waals surface area contributed by atoms with Crippen LogP contribution >= 0.6 is 11.8 Å². The van der Waals surface area contributed by atoms with Crippen molar-refractivity contribution in [2.24, 2.45) is 5.92 Å². The Morgan fingerprint density at radius 1 is 1.14 bits per heavy atom. The standard InChI is InChI=1S/C24H27F3N2O5S2/c1-13(22(31)32)18-11-15(5-10-20(18)29-36(4,33)34)14(2)28-21(30)19-12-23(19,3)16-6-8-17(9-7-16)35-24(25,26)27/h5-11,13-14,19,29H,12H2,1-4H3,(H,28,30)(H,31,32)/t13?,14-,19?,23?/m1/s1. The number of carboxylic acids is 1. The lowest BCUT2D eigenvalue weighted by Crippen LogP contribution is -2.30. The van der Waals surface area contributed by atoms with E-state index in [0.717, 1.165) is 11.8 Å². The van der Waals surface area contributed by atoms with E-state index < -0.39 is 38.9 Å². The number of rotatable bonds is 9. The first-order valence-electron chi connectivity index (χ1n) is 11.0. The van der Waals surface area contributed by atoms with Gasteiger partial charge in [-0.1, -0.05) is 31.2 Å². The van der Waals surface area contributed by atoms with E-state index in [1.807, 2.05) is 6.92 Å². The van der Waals surface area contributed by atoms with Gasteiger partial charge in [-0.3, -0.25) is 14.3 Å². The monoisotopic (exact) mass is 544 g/mol. The van der Waals surface area contributed by atoms with Crippen LogP contribution in [0.4, 0.5) is 18.9 Å². The molecule has 2 aromatic rings. The van der Waals surface area contributed by atoms with Crippen molar-refractivity contribution in [3.05, 3.63) is 59.2 Å². The quantitative estimate of drug-likeness (QED) is 0.383. The van der Waals surface area contributed by atoms with Crippen molar-refractivity contribution < 1.29 is 36.3 Å². The third-order valence-electron chi connectivity index (χ3n) is 6.37. The van der Waals surface area contributed by atoms with E-state index in [9.17, 15) is 36.3 Å². The van der Waals surface area contributed by atoms with Gasteiger partial charge < -0.3 is 10.4 Å². The maximum atomic E-state index is 13.0. The van der Waals surface area contributed by atoms with Crippen LogP contribution in [0, 0.1) is 5.92 Å². The number of amides is 1.